The molecule has 0 saturated carbocycles. The van der Waals surface area contributed by atoms with E-state index in [-0.39, 0.29) is 15.5 Å². The van der Waals surface area contributed by atoms with Crippen LogP contribution < -0.4 is 33.0 Å². The van der Waals surface area contributed by atoms with Gasteiger partial charge in [-0.3, -0.25) is 0 Å². The van der Waals surface area contributed by atoms with Crippen LogP contribution in [0.3, 0.4) is 0 Å². The van der Waals surface area contributed by atoms with Crippen molar-refractivity contribution in [3.05, 3.63) is 89.5 Å². The summed E-state index contributed by atoms with van der Waals surface area (Å²) in [6.07, 6.45) is -15.2. The maximum atomic E-state index is 13.6. The summed E-state index contributed by atoms with van der Waals surface area (Å²) in [5.74, 6) is 16.5. The number of nitrogens with zero attached hydrogens (tertiary/aromatic N) is 3. The molecule has 10 nitrogen and oxygen atoms in total. The summed E-state index contributed by atoms with van der Waals surface area (Å²) in [6, 6.07) is 9.80. The number of para-hydroxylation sites is 3. The normalized spacial score (nSPS) is 12.8. The average molecular weight is 620 g/mol. The Kier molecular flexibility index (Phi) is 9.14. The van der Waals surface area contributed by atoms with Crippen LogP contribution in [0.25, 0.3) is 0 Å². The predicted molar refractivity (Wildman–Crippen MR) is 125 cm³/mol. The molecule has 0 atom stereocenters. The lowest BCUT2D eigenvalue weighted by Gasteiger charge is -2.31. The SMILES string of the molecule is NN(OP(=O)(ON(N)c1ccccc1C(F)(F)F)ON(N)c1ccccc1C(F)(F)F)c1ccccc1C(F)(F)F. The third-order valence-electron chi connectivity index (χ3n) is 4.90. The molecule has 0 aliphatic heterocycles. The molecule has 0 radical (unpaired) electrons. The molecule has 0 spiro atoms. The van der Waals surface area contributed by atoms with Crippen molar-refractivity contribution in [2.24, 2.45) is 17.5 Å². The number of hydrogen-bond acceptors (Lipinski definition) is 10. The van der Waals surface area contributed by atoms with Crippen molar-refractivity contribution in [2.45, 2.75) is 18.5 Å². The number of phosphoric acid groups is 1. The van der Waals surface area contributed by atoms with Gasteiger partial charge in [0.2, 0.25) is 0 Å². The fourth-order valence-electron chi connectivity index (χ4n) is 3.22. The second kappa shape index (κ2) is 11.7. The second-order valence-electron chi connectivity index (χ2n) is 7.71. The van der Waals surface area contributed by atoms with Gasteiger partial charge < -0.3 is 0 Å². The minimum absolute atomic E-state index is 0.295. The van der Waals surface area contributed by atoms with Gasteiger partial charge in [-0.2, -0.15) is 55.0 Å². The van der Waals surface area contributed by atoms with Crippen molar-refractivity contribution in [2.75, 3.05) is 15.5 Å². The summed E-state index contributed by atoms with van der Waals surface area (Å²) >= 11 is 0. The van der Waals surface area contributed by atoms with Crippen molar-refractivity contribution in [3.8, 4) is 0 Å². The van der Waals surface area contributed by atoms with E-state index >= 15 is 0 Å². The van der Waals surface area contributed by atoms with E-state index in [0.717, 1.165) is 54.6 Å². The Balaban J connectivity index is 2.05. The molecule has 20 heteroatoms. The summed E-state index contributed by atoms with van der Waals surface area (Å²) in [5, 5.41) is -0.885. The van der Waals surface area contributed by atoms with Gasteiger partial charge in [0, 0.05) is 0 Å². The third-order valence-corrected chi connectivity index (χ3v) is 6.03. The highest BCUT2D eigenvalue weighted by Gasteiger charge is 2.43. The van der Waals surface area contributed by atoms with E-state index in [1.54, 1.807) is 0 Å². The predicted octanol–water partition coefficient (Wildman–Crippen LogP) is 6.09. The molecule has 41 heavy (non-hydrogen) atoms. The lowest BCUT2D eigenvalue weighted by Crippen LogP contribution is -2.40. The number of rotatable bonds is 9. The van der Waals surface area contributed by atoms with Gasteiger partial charge in [0.25, 0.3) is 0 Å². The average Bonchev–Trinajstić information content (AvgIpc) is 2.87. The summed E-state index contributed by atoms with van der Waals surface area (Å²) < 4.78 is 149. The molecular weight excluding hydrogens is 602 g/mol. The first-order valence-electron chi connectivity index (χ1n) is 10.7. The van der Waals surface area contributed by atoms with E-state index in [9.17, 15) is 44.1 Å². The van der Waals surface area contributed by atoms with Gasteiger partial charge in [0.15, 0.2) is 0 Å². The first-order chi connectivity index (χ1) is 18.8. The van der Waals surface area contributed by atoms with Crippen LogP contribution in [0.4, 0.5) is 56.6 Å². The zero-order chi connectivity index (χ0) is 30.8. The third kappa shape index (κ3) is 7.79. The number of hydrazine groups is 3. The fraction of sp³-hybridized carbons (Fsp3) is 0.143. The Morgan fingerprint density at radius 3 is 0.927 bits per heavy atom. The van der Waals surface area contributed by atoms with Crippen molar-refractivity contribution in [1.29, 1.82) is 0 Å². The molecule has 6 N–H and O–H groups in total. The Labute approximate surface area is 224 Å². The molecule has 3 aromatic rings. The van der Waals surface area contributed by atoms with Crippen LogP contribution in [0.2, 0.25) is 0 Å². The molecular formula is C21H18F9N6O4P. The van der Waals surface area contributed by atoms with Crippen molar-refractivity contribution < 1.29 is 58.0 Å². The summed E-state index contributed by atoms with van der Waals surface area (Å²) in [6.45, 7) is 0. The molecule has 0 aliphatic rings. The quantitative estimate of drug-likeness (QED) is 0.112. The molecule has 0 amide bonds. The zero-order valence-electron chi connectivity index (χ0n) is 20.0. The smallest absolute Gasteiger partial charge is 0.222 e. The summed E-state index contributed by atoms with van der Waals surface area (Å²) in [7, 11) is -5.80. The van der Waals surface area contributed by atoms with Crippen LogP contribution in [-0.4, -0.2) is 0 Å². The van der Waals surface area contributed by atoms with Gasteiger partial charge in [0.1, 0.15) is 0 Å². The largest absolute Gasteiger partial charge is 0.543 e. The van der Waals surface area contributed by atoms with Crippen LogP contribution in [0.1, 0.15) is 16.7 Å². The van der Waals surface area contributed by atoms with Gasteiger partial charge in [-0.15, -0.1) is 13.9 Å². The molecule has 224 valence electrons. The summed E-state index contributed by atoms with van der Waals surface area (Å²) in [5.41, 5.74) is -7.42. The van der Waals surface area contributed by atoms with Gasteiger partial charge in [-0.25, -0.2) is 22.1 Å². The minimum atomic E-state index is -5.80. The zero-order valence-corrected chi connectivity index (χ0v) is 20.9. The molecule has 0 saturated heterocycles. The number of alkyl halides is 9. The van der Waals surface area contributed by atoms with Crippen LogP contribution in [0, 0.1) is 0 Å². The van der Waals surface area contributed by atoms with Crippen LogP contribution in [0.15, 0.2) is 72.8 Å². The van der Waals surface area contributed by atoms with Crippen LogP contribution in [0.5, 0.6) is 0 Å². The van der Waals surface area contributed by atoms with Crippen molar-refractivity contribution in [1.82, 2.24) is 0 Å². The molecule has 0 aliphatic carbocycles. The number of benzene rings is 3. The van der Waals surface area contributed by atoms with Crippen molar-refractivity contribution >= 4 is 24.9 Å². The second-order valence-corrected chi connectivity index (χ2v) is 9.10. The van der Waals surface area contributed by atoms with E-state index < -0.39 is 60.1 Å². The highest BCUT2D eigenvalue weighted by molar-refractivity contribution is 7.48. The first-order valence-corrected chi connectivity index (χ1v) is 12.1. The number of halogens is 9. The van der Waals surface area contributed by atoms with E-state index in [1.165, 1.54) is 0 Å². The van der Waals surface area contributed by atoms with Gasteiger partial charge in [-0.05, 0) is 36.4 Å². The number of nitrogens with two attached hydrogens (primary N) is 3. The van der Waals surface area contributed by atoms with E-state index in [4.69, 9.17) is 31.4 Å². The number of anilines is 3. The molecule has 0 fully saturated rings. The van der Waals surface area contributed by atoms with E-state index in [1.807, 2.05) is 0 Å². The molecule has 0 aromatic heterocycles. The number of hydrogen-bond donors (Lipinski definition) is 3. The maximum Gasteiger partial charge on any atom is 0.543 e. The summed E-state index contributed by atoms with van der Waals surface area (Å²) in [4.78, 5) is 0. The van der Waals surface area contributed by atoms with Crippen molar-refractivity contribution in [3.63, 3.8) is 0 Å². The van der Waals surface area contributed by atoms with Gasteiger partial charge in [0.05, 0.1) is 33.8 Å². The topological polar surface area (TPSA) is 133 Å². The lowest BCUT2D eigenvalue weighted by molar-refractivity contribution is -0.138. The highest BCUT2D eigenvalue weighted by Crippen LogP contribution is 2.54. The van der Waals surface area contributed by atoms with Gasteiger partial charge >= 0.3 is 26.4 Å². The molecule has 0 heterocycles. The van der Waals surface area contributed by atoms with Gasteiger partial charge in [-0.1, -0.05) is 36.4 Å². The molecule has 3 rings (SSSR count). The minimum Gasteiger partial charge on any atom is -0.222 e. The van der Waals surface area contributed by atoms with E-state index in [0.29, 0.717) is 18.2 Å². The Morgan fingerprint density at radius 2 is 0.707 bits per heavy atom. The first kappa shape index (κ1) is 31.9. The van der Waals surface area contributed by atoms with Crippen LogP contribution >= 0.6 is 7.82 Å². The Hall–Kier alpha value is -3.58. The highest BCUT2D eigenvalue weighted by atomic mass is 31.2. The molecule has 3 aromatic carbocycles. The Morgan fingerprint density at radius 1 is 0.488 bits per heavy atom. The van der Waals surface area contributed by atoms with E-state index in [2.05, 4.69) is 0 Å². The monoisotopic (exact) mass is 620 g/mol. The standard InChI is InChI=1S/C21H18F9N6O4P/c22-19(23,24)13-7-1-4-10-16(13)34(31)38-41(37,39-35(32)17-11-5-2-8-14(17)20(25,26)27)40-36(33)18-12-6-3-9-15(18)21(28,29)30/h1-12H,31-33H2. The molecule has 0 bridgehead atoms. The fourth-order valence-corrected chi connectivity index (χ4v) is 4.22. The van der Waals surface area contributed by atoms with Crippen LogP contribution in [-0.2, 0) is 37.0 Å². The maximum absolute atomic E-state index is 13.6. The Bertz CT molecular complexity index is 1240. The lowest BCUT2D eigenvalue weighted by atomic mass is 10.2. The molecule has 0 unspecified atom stereocenters.